The van der Waals surface area contributed by atoms with E-state index in [0.29, 0.717) is 11.4 Å². The van der Waals surface area contributed by atoms with Crippen molar-refractivity contribution in [2.75, 3.05) is 0 Å². The Morgan fingerprint density at radius 3 is 2.35 bits per heavy atom. The zero-order valence-corrected chi connectivity index (χ0v) is 10.6. The standard InChI is InChI=1S/C15H20N2/c1-6-8-9-11-12(3)15(10-7-2)17-14(5)13(4)16/h6-11H,2-4,16H2,1,5H3/b8-6-,11-9-,15-10-,17-14?. The van der Waals surface area contributed by atoms with Gasteiger partial charge < -0.3 is 5.73 Å². The third-order valence-electron chi connectivity index (χ3n) is 1.96. The van der Waals surface area contributed by atoms with Crippen LogP contribution in [0.5, 0.6) is 0 Å². The van der Waals surface area contributed by atoms with Crippen LogP contribution in [-0.4, -0.2) is 5.71 Å². The molecule has 90 valence electrons. The summed E-state index contributed by atoms with van der Waals surface area (Å²) in [5.74, 6) is 0. The topological polar surface area (TPSA) is 38.4 Å². The van der Waals surface area contributed by atoms with Crippen LogP contribution in [0.1, 0.15) is 13.8 Å². The zero-order valence-electron chi connectivity index (χ0n) is 10.6. The van der Waals surface area contributed by atoms with E-state index in [-0.39, 0.29) is 0 Å². The van der Waals surface area contributed by atoms with Crippen LogP contribution in [0.4, 0.5) is 0 Å². The van der Waals surface area contributed by atoms with Crippen molar-refractivity contribution in [3.8, 4) is 0 Å². The third-order valence-corrected chi connectivity index (χ3v) is 1.96. The van der Waals surface area contributed by atoms with E-state index in [1.807, 2.05) is 38.2 Å². The summed E-state index contributed by atoms with van der Waals surface area (Å²) in [5.41, 5.74) is 8.22. The maximum absolute atomic E-state index is 5.57. The Morgan fingerprint density at radius 2 is 1.88 bits per heavy atom. The van der Waals surface area contributed by atoms with Crippen LogP contribution in [0.3, 0.4) is 0 Å². The molecule has 0 rings (SSSR count). The van der Waals surface area contributed by atoms with Crippen molar-refractivity contribution >= 4 is 5.71 Å². The molecule has 0 aromatic carbocycles. The number of nitrogens with two attached hydrogens (primary N) is 1. The summed E-state index contributed by atoms with van der Waals surface area (Å²) in [6, 6.07) is 0. The van der Waals surface area contributed by atoms with Crippen molar-refractivity contribution in [3.05, 3.63) is 73.2 Å². The Hall–Kier alpha value is -2.09. The molecular formula is C15H20N2. The van der Waals surface area contributed by atoms with Gasteiger partial charge in [-0.1, -0.05) is 50.1 Å². The van der Waals surface area contributed by atoms with Gasteiger partial charge in [-0.15, -0.1) is 0 Å². The van der Waals surface area contributed by atoms with Crippen molar-refractivity contribution in [2.24, 2.45) is 10.7 Å². The highest BCUT2D eigenvalue weighted by molar-refractivity contribution is 5.97. The van der Waals surface area contributed by atoms with Crippen molar-refractivity contribution in [1.29, 1.82) is 0 Å². The molecule has 0 saturated heterocycles. The van der Waals surface area contributed by atoms with Gasteiger partial charge in [-0.3, -0.25) is 4.99 Å². The Kier molecular flexibility index (Phi) is 7.11. The van der Waals surface area contributed by atoms with Gasteiger partial charge in [-0.2, -0.15) is 0 Å². The van der Waals surface area contributed by atoms with E-state index in [0.717, 1.165) is 11.3 Å². The number of hydrogen-bond donors (Lipinski definition) is 1. The lowest BCUT2D eigenvalue weighted by Crippen LogP contribution is -2.06. The second-order valence-electron chi connectivity index (χ2n) is 3.42. The van der Waals surface area contributed by atoms with E-state index in [4.69, 9.17) is 5.73 Å². The van der Waals surface area contributed by atoms with Gasteiger partial charge >= 0.3 is 0 Å². The van der Waals surface area contributed by atoms with Crippen LogP contribution in [0.2, 0.25) is 0 Å². The van der Waals surface area contributed by atoms with Gasteiger partial charge in [-0.25, -0.2) is 0 Å². The summed E-state index contributed by atoms with van der Waals surface area (Å²) in [7, 11) is 0. The molecule has 2 heteroatoms. The summed E-state index contributed by atoms with van der Waals surface area (Å²) in [4.78, 5) is 4.35. The average Bonchev–Trinajstić information content (AvgIpc) is 2.28. The van der Waals surface area contributed by atoms with Gasteiger partial charge in [0.1, 0.15) is 0 Å². The first-order valence-corrected chi connectivity index (χ1v) is 5.34. The minimum absolute atomic E-state index is 0.449. The molecule has 2 N–H and O–H groups in total. The molecule has 0 unspecified atom stereocenters. The number of allylic oxidation sites excluding steroid dienone is 7. The summed E-state index contributed by atoms with van der Waals surface area (Å²) in [6.07, 6.45) is 11.1. The summed E-state index contributed by atoms with van der Waals surface area (Å²) < 4.78 is 0. The van der Waals surface area contributed by atoms with Gasteiger partial charge in [0, 0.05) is 5.70 Å². The molecule has 0 amide bonds. The van der Waals surface area contributed by atoms with Crippen LogP contribution >= 0.6 is 0 Å². The van der Waals surface area contributed by atoms with Gasteiger partial charge in [0.25, 0.3) is 0 Å². The van der Waals surface area contributed by atoms with E-state index in [2.05, 4.69) is 24.7 Å². The number of hydrogen-bond acceptors (Lipinski definition) is 2. The molecule has 0 aromatic rings. The third kappa shape index (κ3) is 6.15. The lowest BCUT2D eigenvalue weighted by atomic mass is 10.2. The maximum atomic E-state index is 5.57. The summed E-state index contributed by atoms with van der Waals surface area (Å²) in [5, 5.41) is 0. The quantitative estimate of drug-likeness (QED) is 0.546. The lowest BCUT2D eigenvalue weighted by Gasteiger charge is -2.03. The molecule has 0 aliphatic carbocycles. The predicted molar refractivity (Wildman–Crippen MR) is 77.8 cm³/mol. The van der Waals surface area contributed by atoms with E-state index in [9.17, 15) is 0 Å². The highest BCUT2D eigenvalue weighted by Crippen LogP contribution is 2.12. The Labute approximate surface area is 104 Å². The first-order chi connectivity index (χ1) is 8.02. The molecule has 17 heavy (non-hydrogen) atoms. The Bertz CT molecular complexity index is 418. The molecule has 0 radical (unpaired) electrons. The minimum Gasteiger partial charge on any atom is -0.398 e. The minimum atomic E-state index is 0.449. The van der Waals surface area contributed by atoms with Crippen LogP contribution in [-0.2, 0) is 0 Å². The van der Waals surface area contributed by atoms with Crippen molar-refractivity contribution in [2.45, 2.75) is 13.8 Å². The Balaban J connectivity index is 5.07. The van der Waals surface area contributed by atoms with Gasteiger partial charge in [0.2, 0.25) is 0 Å². The number of aliphatic imine (C=N–C) groups is 1. The largest absolute Gasteiger partial charge is 0.398 e. The zero-order chi connectivity index (χ0) is 13.3. The van der Waals surface area contributed by atoms with Crippen LogP contribution < -0.4 is 5.73 Å². The van der Waals surface area contributed by atoms with E-state index in [1.54, 1.807) is 12.2 Å². The monoisotopic (exact) mass is 228 g/mol. The van der Waals surface area contributed by atoms with E-state index >= 15 is 0 Å². The molecule has 0 aliphatic rings. The average molecular weight is 228 g/mol. The lowest BCUT2D eigenvalue weighted by molar-refractivity contribution is 1.32. The maximum Gasteiger partial charge on any atom is 0.0699 e. The van der Waals surface area contributed by atoms with Crippen molar-refractivity contribution < 1.29 is 0 Å². The molecule has 0 aliphatic heterocycles. The second-order valence-corrected chi connectivity index (χ2v) is 3.42. The molecule has 2 nitrogen and oxygen atoms in total. The highest BCUT2D eigenvalue weighted by atomic mass is 14.8. The number of nitrogens with zero attached hydrogens (tertiary/aromatic N) is 1. The summed E-state index contributed by atoms with van der Waals surface area (Å²) in [6.45, 7) is 15.0. The first-order valence-electron chi connectivity index (χ1n) is 5.34. The summed E-state index contributed by atoms with van der Waals surface area (Å²) >= 11 is 0. The fourth-order valence-electron chi connectivity index (χ4n) is 0.948. The van der Waals surface area contributed by atoms with Crippen LogP contribution in [0.15, 0.2) is 78.2 Å². The molecule has 0 aromatic heterocycles. The van der Waals surface area contributed by atoms with Gasteiger partial charge in [-0.05, 0) is 25.5 Å². The molecule has 0 spiro atoms. The van der Waals surface area contributed by atoms with E-state index in [1.165, 1.54) is 0 Å². The molecular weight excluding hydrogens is 208 g/mol. The molecule has 0 fully saturated rings. The van der Waals surface area contributed by atoms with Crippen molar-refractivity contribution in [1.82, 2.24) is 0 Å². The molecule has 0 heterocycles. The normalized spacial score (nSPS) is 13.3. The predicted octanol–water partition coefficient (Wildman–Crippen LogP) is 3.68. The number of rotatable bonds is 6. The SMILES string of the molecule is C=C/C=C(\N=C(C)C(=C)N)C(=C)/C=C\C=C/C. The van der Waals surface area contributed by atoms with Crippen molar-refractivity contribution in [3.63, 3.8) is 0 Å². The fourth-order valence-corrected chi connectivity index (χ4v) is 0.948. The van der Waals surface area contributed by atoms with Gasteiger partial charge in [0.05, 0.1) is 11.4 Å². The second kappa shape index (κ2) is 8.11. The highest BCUT2D eigenvalue weighted by Gasteiger charge is 1.99. The molecule has 0 saturated carbocycles. The fraction of sp³-hybridized carbons (Fsp3) is 0.133. The van der Waals surface area contributed by atoms with E-state index < -0.39 is 0 Å². The smallest absolute Gasteiger partial charge is 0.0699 e. The molecule has 0 bridgehead atoms. The van der Waals surface area contributed by atoms with Crippen LogP contribution in [0, 0.1) is 0 Å². The van der Waals surface area contributed by atoms with Crippen LogP contribution in [0.25, 0.3) is 0 Å². The van der Waals surface area contributed by atoms with Gasteiger partial charge in [0.15, 0.2) is 0 Å². The first kappa shape index (κ1) is 14.9. The molecule has 0 atom stereocenters. The Morgan fingerprint density at radius 1 is 1.24 bits per heavy atom.